The lowest BCUT2D eigenvalue weighted by Crippen LogP contribution is -2.37. The number of pyridine rings is 1. The van der Waals surface area contributed by atoms with E-state index in [0.29, 0.717) is 5.92 Å². The Morgan fingerprint density at radius 2 is 1.96 bits per heavy atom. The Morgan fingerprint density at radius 3 is 2.64 bits per heavy atom. The Balaban J connectivity index is 1.68. The molecule has 2 aromatic rings. The van der Waals surface area contributed by atoms with Gasteiger partial charge >= 0.3 is 0 Å². The molecule has 0 atom stereocenters. The molecule has 28 heavy (non-hydrogen) atoms. The largest absolute Gasteiger partial charge is 0.381 e. The molecule has 4 heterocycles. The first-order valence-electron chi connectivity index (χ1n) is 10.4. The summed E-state index contributed by atoms with van der Waals surface area (Å²) in [5.41, 5.74) is 4.06. The van der Waals surface area contributed by atoms with Crippen LogP contribution in [0.5, 0.6) is 0 Å². The number of carbonyl (C=O) groups excluding carboxylic acids is 1. The van der Waals surface area contributed by atoms with Crippen molar-refractivity contribution in [3.05, 3.63) is 35.3 Å². The zero-order valence-corrected chi connectivity index (χ0v) is 18.1. The van der Waals surface area contributed by atoms with Crippen LogP contribution >= 0.6 is 11.8 Å². The monoisotopic (exact) mass is 401 g/mol. The summed E-state index contributed by atoms with van der Waals surface area (Å²) in [6.07, 6.45) is 5.30. The van der Waals surface area contributed by atoms with Crippen LogP contribution in [0.15, 0.2) is 18.3 Å². The average molecular weight is 402 g/mol. The van der Waals surface area contributed by atoms with E-state index in [1.165, 1.54) is 5.69 Å². The Hall–Kier alpha value is -1.53. The number of nitrogens with zero attached hydrogens (tertiary/aromatic N) is 3. The van der Waals surface area contributed by atoms with Crippen molar-refractivity contribution in [1.82, 2.24) is 14.3 Å². The third kappa shape index (κ3) is 4.08. The third-order valence-electron chi connectivity index (χ3n) is 5.80. The third-order valence-corrected chi connectivity index (χ3v) is 6.75. The van der Waals surface area contributed by atoms with E-state index in [4.69, 9.17) is 9.72 Å². The molecular weight excluding hydrogens is 370 g/mol. The van der Waals surface area contributed by atoms with Crippen LogP contribution < -0.4 is 0 Å². The van der Waals surface area contributed by atoms with Gasteiger partial charge in [0.2, 0.25) is 0 Å². The second-order valence-corrected chi connectivity index (χ2v) is 10.2. The highest BCUT2D eigenvalue weighted by atomic mass is 32.2. The summed E-state index contributed by atoms with van der Waals surface area (Å²) < 4.78 is 7.74. The highest BCUT2D eigenvalue weighted by Crippen LogP contribution is 2.30. The van der Waals surface area contributed by atoms with Crippen molar-refractivity contribution >= 4 is 23.3 Å². The number of ether oxygens (including phenoxy) is 1. The van der Waals surface area contributed by atoms with E-state index in [1.807, 2.05) is 28.8 Å². The van der Waals surface area contributed by atoms with Crippen LogP contribution in [-0.2, 0) is 16.6 Å². The van der Waals surface area contributed by atoms with Gasteiger partial charge in [0.15, 0.2) is 0 Å². The van der Waals surface area contributed by atoms with E-state index in [9.17, 15) is 4.79 Å². The van der Waals surface area contributed by atoms with E-state index in [2.05, 4.69) is 31.4 Å². The Morgan fingerprint density at radius 1 is 1.25 bits per heavy atom. The van der Waals surface area contributed by atoms with E-state index < -0.39 is 0 Å². The van der Waals surface area contributed by atoms with Crippen molar-refractivity contribution in [3.8, 4) is 0 Å². The maximum absolute atomic E-state index is 12.9. The molecule has 2 fully saturated rings. The molecule has 2 aromatic heterocycles. The SMILES string of the molecule is CC(C)(C)c1nc2cc(C(=O)N3CCSCC3)ccn2c1CC1CCOCC1. The zero-order valence-electron chi connectivity index (χ0n) is 17.2. The molecule has 2 saturated heterocycles. The first-order chi connectivity index (χ1) is 13.4. The number of carbonyl (C=O) groups is 1. The summed E-state index contributed by atoms with van der Waals surface area (Å²) in [7, 11) is 0. The molecule has 2 aliphatic heterocycles. The number of rotatable bonds is 3. The predicted molar refractivity (Wildman–Crippen MR) is 114 cm³/mol. The average Bonchev–Trinajstić information content (AvgIpc) is 3.07. The second kappa shape index (κ2) is 8.07. The fourth-order valence-corrected chi connectivity index (χ4v) is 5.10. The Kier molecular flexibility index (Phi) is 5.70. The van der Waals surface area contributed by atoms with Crippen molar-refractivity contribution < 1.29 is 9.53 Å². The molecule has 152 valence electrons. The lowest BCUT2D eigenvalue weighted by Gasteiger charge is -2.26. The first kappa shape index (κ1) is 19.8. The fraction of sp³-hybridized carbons (Fsp3) is 0.636. The molecule has 0 spiro atoms. The molecular formula is C22H31N3O2S. The van der Waals surface area contributed by atoms with Crippen LogP contribution in [0.4, 0.5) is 0 Å². The van der Waals surface area contributed by atoms with Crippen molar-refractivity contribution in [2.45, 2.75) is 45.4 Å². The minimum Gasteiger partial charge on any atom is -0.381 e. The molecule has 1 amide bonds. The number of aromatic nitrogens is 2. The molecule has 0 aromatic carbocycles. The van der Waals surface area contributed by atoms with E-state index >= 15 is 0 Å². The van der Waals surface area contributed by atoms with Crippen molar-refractivity contribution in [1.29, 1.82) is 0 Å². The van der Waals surface area contributed by atoms with Gasteiger partial charge < -0.3 is 14.0 Å². The summed E-state index contributed by atoms with van der Waals surface area (Å²) in [6.45, 7) is 10.1. The van der Waals surface area contributed by atoms with E-state index in [-0.39, 0.29) is 11.3 Å². The predicted octanol–water partition coefficient (Wildman–Crippen LogP) is 3.79. The number of fused-ring (bicyclic) bond motifs is 1. The number of hydrogen-bond acceptors (Lipinski definition) is 4. The molecule has 0 radical (unpaired) electrons. The lowest BCUT2D eigenvalue weighted by atomic mass is 9.86. The highest BCUT2D eigenvalue weighted by Gasteiger charge is 2.27. The smallest absolute Gasteiger partial charge is 0.254 e. The topological polar surface area (TPSA) is 46.8 Å². The quantitative estimate of drug-likeness (QED) is 0.785. The lowest BCUT2D eigenvalue weighted by molar-refractivity contribution is 0.0661. The zero-order chi connectivity index (χ0) is 19.7. The summed E-state index contributed by atoms with van der Waals surface area (Å²) in [5.74, 6) is 2.83. The number of thioether (sulfide) groups is 1. The Bertz CT molecular complexity index is 843. The molecule has 0 aliphatic carbocycles. The number of hydrogen-bond donors (Lipinski definition) is 0. The van der Waals surface area contributed by atoms with Crippen LogP contribution in [0.25, 0.3) is 5.65 Å². The summed E-state index contributed by atoms with van der Waals surface area (Å²) in [6, 6.07) is 3.95. The molecule has 0 bridgehead atoms. The van der Waals surface area contributed by atoms with E-state index in [1.54, 1.807) is 0 Å². The van der Waals surface area contributed by atoms with Gasteiger partial charge in [0, 0.05) is 60.7 Å². The van der Waals surface area contributed by atoms with Gasteiger partial charge in [-0.1, -0.05) is 20.8 Å². The van der Waals surface area contributed by atoms with Gasteiger partial charge in [-0.3, -0.25) is 4.79 Å². The van der Waals surface area contributed by atoms with Gasteiger partial charge in [0.05, 0.1) is 5.69 Å². The van der Waals surface area contributed by atoms with Gasteiger partial charge in [-0.05, 0) is 37.3 Å². The van der Waals surface area contributed by atoms with Crippen molar-refractivity contribution in [2.24, 2.45) is 5.92 Å². The second-order valence-electron chi connectivity index (χ2n) is 8.97. The number of amides is 1. The molecule has 6 heteroatoms. The van der Waals surface area contributed by atoms with Crippen LogP contribution in [-0.4, -0.2) is 58.0 Å². The first-order valence-corrected chi connectivity index (χ1v) is 11.5. The molecule has 4 rings (SSSR count). The summed E-state index contributed by atoms with van der Waals surface area (Å²) >= 11 is 1.92. The van der Waals surface area contributed by atoms with Crippen LogP contribution in [0.2, 0.25) is 0 Å². The van der Waals surface area contributed by atoms with Gasteiger partial charge in [0.25, 0.3) is 5.91 Å². The minimum absolute atomic E-state index is 0.0270. The normalized spacial score (nSPS) is 19.3. The van der Waals surface area contributed by atoms with Crippen LogP contribution in [0.3, 0.4) is 0 Å². The van der Waals surface area contributed by atoms with Crippen molar-refractivity contribution in [2.75, 3.05) is 37.8 Å². The Labute approximate surface area is 171 Å². The maximum Gasteiger partial charge on any atom is 0.254 e. The van der Waals surface area contributed by atoms with Gasteiger partial charge in [-0.2, -0.15) is 11.8 Å². The molecule has 0 unspecified atom stereocenters. The van der Waals surface area contributed by atoms with E-state index in [0.717, 1.165) is 74.0 Å². The fourth-order valence-electron chi connectivity index (χ4n) is 4.20. The maximum atomic E-state index is 12.9. The van der Waals surface area contributed by atoms with Gasteiger partial charge in [0.1, 0.15) is 5.65 Å². The number of imidazole rings is 1. The molecule has 0 N–H and O–H groups in total. The van der Waals surface area contributed by atoms with Gasteiger partial charge in [-0.15, -0.1) is 0 Å². The molecule has 0 saturated carbocycles. The molecule has 2 aliphatic rings. The molecule has 5 nitrogen and oxygen atoms in total. The summed E-state index contributed by atoms with van der Waals surface area (Å²) in [5, 5.41) is 0. The van der Waals surface area contributed by atoms with Gasteiger partial charge in [-0.25, -0.2) is 4.98 Å². The van der Waals surface area contributed by atoms with Crippen LogP contribution in [0, 0.1) is 5.92 Å². The summed E-state index contributed by atoms with van der Waals surface area (Å²) in [4.78, 5) is 19.9. The minimum atomic E-state index is -0.0270. The van der Waals surface area contributed by atoms with Crippen LogP contribution in [0.1, 0.15) is 55.4 Å². The highest BCUT2D eigenvalue weighted by molar-refractivity contribution is 7.99. The standard InChI is InChI=1S/C22H31N3O2S/c1-22(2,3)20-18(14-16-5-10-27-11-6-16)25-7-4-17(15-19(25)23-20)21(26)24-8-12-28-13-9-24/h4,7,15-16H,5-6,8-14H2,1-3H3. The van der Waals surface area contributed by atoms with Crippen molar-refractivity contribution in [3.63, 3.8) is 0 Å².